The molecule has 2 nitrogen and oxygen atoms in total. The highest BCUT2D eigenvalue weighted by Gasteiger charge is 2.06. The molecule has 1 amide bonds. The van der Waals surface area contributed by atoms with Crippen molar-refractivity contribution in [2.75, 3.05) is 11.2 Å². The molecule has 2 aromatic rings. The van der Waals surface area contributed by atoms with Gasteiger partial charge in [0.15, 0.2) is 0 Å². The third-order valence-corrected chi connectivity index (χ3v) is 3.40. The molecule has 1 heterocycles. The van der Waals surface area contributed by atoms with Crippen LogP contribution >= 0.6 is 22.9 Å². The number of hydrogen-bond donors (Lipinski definition) is 1. The van der Waals surface area contributed by atoms with Gasteiger partial charge in [0, 0.05) is 11.6 Å². The Morgan fingerprint density at radius 2 is 2.00 bits per heavy atom. The molecule has 0 spiro atoms. The zero-order chi connectivity index (χ0) is 12.1. The van der Waals surface area contributed by atoms with Gasteiger partial charge in [-0.05, 0) is 35.6 Å². The van der Waals surface area contributed by atoms with Crippen LogP contribution in [0.2, 0.25) is 0 Å². The third-order valence-electron chi connectivity index (χ3n) is 2.34. The van der Waals surface area contributed by atoms with Gasteiger partial charge >= 0.3 is 0 Å². The Morgan fingerprint density at radius 1 is 1.24 bits per heavy atom. The van der Waals surface area contributed by atoms with Gasteiger partial charge in [0.25, 0.3) is 5.91 Å². The van der Waals surface area contributed by atoms with Crippen molar-refractivity contribution in [1.82, 2.24) is 0 Å². The predicted molar refractivity (Wildman–Crippen MR) is 73.1 cm³/mol. The van der Waals surface area contributed by atoms with E-state index in [-0.39, 0.29) is 5.91 Å². The van der Waals surface area contributed by atoms with Crippen LogP contribution in [-0.2, 0) is 6.42 Å². The van der Waals surface area contributed by atoms with Crippen LogP contribution in [0.15, 0.2) is 41.8 Å². The molecule has 1 N–H and O–H groups in total. The minimum Gasteiger partial charge on any atom is -0.321 e. The fourth-order valence-corrected chi connectivity index (χ4v) is 2.30. The van der Waals surface area contributed by atoms with Crippen LogP contribution in [0.5, 0.6) is 0 Å². The maximum absolute atomic E-state index is 11.8. The number of hydrogen-bond acceptors (Lipinski definition) is 2. The summed E-state index contributed by atoms with van der Waals surface area (Å²) in [6, 6.07) is 11.4. The molecule has 17 heavy (non-hydrogen) atoms. The summed E-state index contributed by atoms with van der Waals surface area (Å²) >= 11 is 7.09. The Kier molecular flexibility index (Phi) is 4.18. The molecule has 88 valence electrons. The largest absolute Gasteiger partial charge is 0.321 e. The summed E-state index contributed by atoms with van der Waals surface area (Å²) in [6.45, 7) is 0. The second-order valence-electron chi connectivity index (χ2n) is 3.57. The van der Waals surface area contributed by atoms with E-state index >= 15 is 0 Å². The Morgan fingerprint density at radius 3 is 2.59 bits per heavy atom. The van der Waals surface area contributed by atoms with Gasteiger partial charge in [-0.3, -0.25) is 4.79 Å². The lowest BCUT2D eigenvalue weighted by molar-refractivity contribution is 0.103. The highest BCUT2D eigenvalue weighted by molar-refractivity contribution is 7.12. The Labute approximate surface area is 109 Å². The fourth-order valence-electron chi connectivity index (χ4n) is 1.46. The van der Waals surface area contributed by atoms with Crippen LogP contribution in [0.3, 0.4) is 0 Å². The number of carbonyl (C=O) groups excluding carboxylic acids is 1. The maximum Gasteiger partial charge on any atom is 0.265 e. The van der Waals surface area contributed by atoms with Crippen molar-refractivity contribution in [3.63, 3.8) is 0 Å². The minimum atomic E-state index is -0.0647. The number of anilines is 1. The van der Waals surface area contributed by atoms with Crippen molar-refractivity contribution in [2.45, 2.75) is 6.42 Å². The quantitative estimate of drug-likeness (QED) is 0.838. The zero-order valence-corrected chi connectivity index (χ0v) is 10.7. The number of amides is 1. The smallest absolute Gasteiger partial charge is 0.265 e. The Balaban J connectivity index is 2.01. The number of carbonyl (C=O) groups is 1. The summed E-state index contributed by atoms with van der Waals surface area (Å²) < 4.78 is 0. The van der Waals surface area contributed by atoms with Crippen molar-refractivity contribution < 1.29 is 4.79 Å². The summed E-state index contributed by atoms with van der Waals surface area (Å²) in [7, 11) is 0. The highest BCUT2D eigenvalue weighted by atomic mass is 35.5. The Bertz CT molecular complexity index is 479. The molecule has 0 fully saturated rings. The second-order valence-corrected chi connectivity index (χ2v) is 4.89. The maximum atomic E-state index is 11.8. The summed E-state index contributed by atoms with van der Waals surface area (Å²) in [6.07, 6.45) is 0.848. The summed E-state index contributed by atoms with van der Waals surface area (Å²) in [4.78, 5) is 12.5. The van der Waals surface area contributed by atoms with E-state index < -0.39 is 0 Å². The van der Waals surface area contributed by atoms with Gasteiger partial charge in [0.1, 0.15) is 0 Å². The van der Waals surface area contributed by atoms with E-state index in [1.165, 1.54) is 16.9 Å². The number of thiophene rings is 1. The summed E-state index contributed by atoms with van der Waals surface area (Å²) in [5.41, 5.74) is 1.98. The van der Waals surface area contributed by atoms with Gasteiger partial charge in [-0.25, -0.2) is 0 Å². The van der Waals surface area contributed by atoms with Gasteiger partial charge in [0.05, 0.1) is 4.88 Å². The van der Waals surface area contributed by atoms with E-state index in [1.807, 2.05) is 41.8 Å². The summed E-state index contributed by atoms with van der Waals surface area (Å²) in [5, 5.41) is 4.74. The molecule has 0 saturated heterocycles. The van der Waals surface area contributed by atoms with Crippen molar-refractivity contribution in [3.05, 3.63) is 52.2 Å². The SMILES string of the molecule is O=C(Nc1ccc(CCCl)cc1)c1cccs1. The molecular weight excluding hydrogens is 254 g/mol. The van der Waals surface area contributed by atoms with Crippen LogP contribution < -0.4 is 5.32 Å². The van der Waals surface area contributed by atoms with Gasteiger partial charge in [-0.2, -0.15) is 0 Å². The molecule has 4 heteroatoms. The van der Waals surface area contributed by atoms with Crippen molar-refractivity contribution >= 4 is 34.5 Å². The molecule has 0 aliphatic carbocycles. The van der Waals surface area contributed by atoms with Crippen LogP contribution in [-0.4, -0.2) is 11.8 Å². The average Bonchev–Trinajstić information content (AvgIpc) is 2.86. The number of halogens is 1. The molecule has 0 atom stereocenters. The van der Waals surface area contributed by atoms with Crippen LogP contribution in [0.1, 0.15) is 15.2 Å². The lowest BCUT2D eigenvalue weighted by Crippen LogP contribution is -2.09. The third kappa shape index (κ3) is 3.32. The first kappa shape index (κ1) is 12.1. The molecule has 0 saturated carbocycles. The first-order valence-corrected chi connectivity index (χ1v) is 6.71. The van der Waals surface area contributed by atoms with Crippen molar-refractivity contribution in [2.24, 2.45) is 0 Å². The van der Waals surface area contributed by atoms with E-state index in [9.17, 15) is 4.79 Å². The monoisotopic (exact) mass is 265 g/mol. The lowest BCUT2D eigenvalue weighted by atomic mass is 10.1. The number of benzene rings is 1. The minimum absolute atomic E-state index is 0.0647. The van der Waals surface area contributed by atoms with E-state index in [1.54, 1.807) is 0 Å². The standard InChI is InChI=1S/C13H12ClNOS/c14-8-7-10-3-5-11(6-4-10)15-13(16)12-2-1-9-17-12/h1-6,9H,7-8H2,(H,15,16). The molecule has 2 rings (SSSR count). The van der Waals surface area contributed by atoms with E-state index in [0.717, 1.165) is 17.0 Å². The Hall–Kier alpha value is -1.32. The van der Waals surface area contributed by atoms with Crippen LogP contribution in [0, 0.1) is 0 Å². The molecule has 0 radical (unpaired) electrons. The lowest BCUT2D eigenvalue weighted by Gasteiger charge is -2.04. The van der Waals surface area contributed by atoms with E-state index in [4.69, 9.17) is 11.6 Å². The van der Waals surface area contributed by atoms with E-state index in [2.05, 4.69) is 5.32 Å². The number of nitrogens with one attached hydrogen (secondary N) is 1. The molecular formula is C13H12ClNOS. The van der Waals surface area contributed by atoms with Gasteiger partial charge in [-0.1, -0.05) is 18.2 Å². The molecule has 0 unspecified atom stereocenters. The average molecular weight is 266 g/mol. The number of aryl methyl sites for hydroxylation is 1. The normalized spacial score (nSPS) is 10.2. The molecule has 0 aliphatic rings. The second kappa shape index (κ2) is 5.84. The first-order valence-electron chi connectivity index (χ1n) is 5.29. The van der Waals surface area contributed by atoms with Gasteiger partial charge in [0.2, 0.25) is 0 Å². The zero-order valence-electron chi connectivity index (χ0n) is 9.15. The molecule has 0 aliphatic heterocycles. The van der Waals surface area contributed by atoms with Gasteiger partial charge in [-0.15, -0.1) is 22.9 Å². The highest BCUT2D eigenvalue weighted by Crippen LogP contribution is 2.14. The molecule has 1 aromatic carbocycles. The number of alkyl halides is 1. The van der Waals surface area contributed by atoms with Crippen LogP contribution in [0.25, 0.3) is 0 Å². The van der Waals surface area contributed by atoms with Crippen LogP contribution in [0.4, 0.5) is 5.69 Å². The van der Waals surface area contributed by atoms with E-state index in [0.29, 0.717) is 5.88 Å². The number of rotatable bonds is 4. The summed E-state index contributed by atoms with van der Waals surface area (Å²) in [5.74, 6) is 0.547. The van der Waals surface area contributed by atoms with Crippen molar-refractivity contribution in [1.29, 1.82) is 0 Å². The molecule has 1 aromatic heterocycles. The first-order chi connectivity index (χ1) is 8.29. The van der Waals surface area contributed by atoms with Gasteiger partial charge < -0.3 is 5.32 Å². The predicted octanol–water partition coefficient (Wildman–Crippen LogP) is 3.78. The fraction of sp³-hybridized carbons (Fsp3) is 0.154. The van der Waals surface area contributed by atoms with Crippen molar-refractivity contribution in [3.8, 4) is 0 Å². The topological polar surface area (TPSA) is 29.1 Å². The molecule has 0 bridgehead atoms.